The molecule has 0 amide bonds. The Bertz CT molecular complexity index is 204. The zero-order valence-electron chi connectivity index (χ0n) is 7.72. The molecule has 1 heterocycles. The molecule has 12 heavy (non-hydrogen) atoms. The number of hydrogen-bond acceptors (Lipinski definition) is 1. The molecule has 0 radical (unpaired) electrons. The van der Waals surface area contributed by atoms with E-state index in [1.807, 2.05) is 18.4 Å². The second-order valence-electron chi connectivity index (χ2n) is 3.04. The number of unbranched alkanes of at least 4 members (excludes halogenated alkanes) is 1. The molecule has 66 valence electrons. The fourth-order valence-electron chi connectivity index (χ4n) is 1.22. The van der Waals surface area contributed by atoms with Crippen molar-refractivity contribution in [3.8, 4) is 0 Å². The van der Waals surface area contributed by atoms with Crippen LogP contribution in [0.25, 0.3) is 0 Å². The minimum Gasteiger partial charge on any atom is -0.365 e. The van der Waals surface area contributed by atoms with E-state index in [9.17, 15) is 0 Å². The molecule has 0 spiro atoms. The van der Waals surface area contributed by atoms with Gasteiger partial charge in [-0.25, -0.2) is 0 Å². The fraction of sp³-hybridized carbons (Fsp3) is 0.400. The highest BCUT2D eigenvalue weighted by Crippen LogP contribution is 2.07. The fourth-order valence-corrected chi connectivity index (χ4v) is 1.72. The van der Waals surface area contributed by atoms with E-state index in [1.54, 1.807) is 0 Å². The van der Waals surface area contributed by atoms with Crippen molar-refractivity contribution in [3.63, 3.8) is 0 Å². The van der Waals surface area contributed by atoms with E-state index < -0.39 is 0 Å². The molecule has 0 unspecified atom stereocenters. The van der Waals surface area contributed by atoms with Crippen molar-refractivity contribution in [2.24, 2.45) is 0 Å². The molecule has 0 aromatic carbocycles. The van der Waals surface area contributed by atoms with Gasteiger partial charge >= 0.3 is 0 Å². The maximum atomic E-state index is 3.27. The molecule has 0 fully saturated rings. The normalized spacial score (nSPS) is 15.5. The molecule has 1 aliphatic rings. The zero-order valence-corrected chi connectivity index (χ0v) is 9.72. The summed E-state index contributed by atoms with van der Waals surface area (Å²) in [4.78, 5) is 0. The van der Waals surface area contributed by atoms with Gasteiger partial charge in [-0.2, -0.15) is 0 Å². The summed E-state index contributed by atoms with van der Waals surface area (Å²) >= 11 is 0. The van der Waals surface area contributed by atoms with Crippen LogP contribution in [-0.4, -0.2) is 10.2 Å². The van der Waals surface area contributed by atoms with Crippen LogP contribution in [0, 0.1) is 0 Å². The van der Waals surface area contributed by atoms with Gasteiger partial charge in [-0.15, -0.1) is 0 Å². The second kappa shape index (κ2) is 5.83. The van der Waals surface area contributed by atoms with Crippen LogP contribution in [0.3, 0.4) is 0 Å². The van der Waals surface area contributed by atoms with Gasteiger partial charge in [0.05, 0.1) is 0 Å². The van der Waals surface area contributed by atoms with Crippen LogP contribution in [0.4, 0.5) is 0 Å². The molecule has 2 heteroatoms. The first-order valence-electron chi connectivity index (χ1n) is 4.72. The lowest BCUT2D eigenvalue weighted by Gasteiger charge is -2.04. The zero-order chi connectivity index (χ0) is 8.65. The van der Waals surface area contributed by atoms with Crippen LogP contribution in [0.1, 0.15) is 19.3 Å². The molecule has 0 aliphatic carbocycles. The first-order chi connectivity index (χ1) is 5.93. The summed E-state index contributed by atoms with van der Waals surface area (Å²) in [5.74, 6) is 0. The third-order valence-corrected chi connectivity index (χ3v) is 2.64. The van der Waals surface area contributed by atoms with Crippen LogP contribution in [0.15, 0.2) is 36.2 Å². The molecule has 1 nitrogen and oxygen atoms in total. The van der Waals surface area contributed by atoms with Gasteiger partial charge in [0.15, 0.2) is 0 Å². The van der Waals surface area contributed by atoms with Gasteiger partial charge in [-0.3, -0.25) is 0 Å². The quantitative estimate of drug-likeness (QED) is 0.509. The number of rotatable bonds is 4. The lowest BCUT2D eigenvalue weighted by atomic mass is 10.2. The van der Waals surface area contributed by atoms with E-state index in [1.165, 1.54) is 41.2 Å². The van der Waals surface area contributed by atoms with Crippen molar-refractivity contribution in [1.82, 2.24) is 5.32 Å². The number of allylic oxidation sites excluding steroid dienone is 5. The van der Waals surface area contributed by atoms with E-state index in [0.717, 1.165) is 0 Å². The molecule has 0 aromatic heterocycles. The summed E-state index contributed by atoms with van der Waals surface area (Å²) in [7, 11) is 1.35. The predicted octanol–water partition coefficient (Wildman–Crippen LogP) is 1.50. The SMILES string of the molecule is [SiH3]CCCCC1=CC=CC=CN1. The highest BCUT2D eigenvalue weighted by atomic mass is 28.1. The molecular weight excluding hydrogens is 162 g/mol. The van der Waals surface area contributed by atoms with Gasteiger partial charge in [0.1, 0.15) is 0 Å². The Labute approximate surface area is 77.7 Å². The summed E-state index contributed by atoms with van der Waals surface area (Å²) in [6, 6.07) is 1.43. The van der Waals surface area contributed by atoms with Crippen LogP contribution in [0.5, 0.6) is 0 Å². The monoisotopic (exact) mass is 179 g/mol. The first-order valence-corrected chi connectivity index (χ1v) is 6.14. The Morgan fingerprint density at radius 2 is 2.08 bits per heavy atom. The lowest BCUT2D eigenvalue weighted by Crippen LogP contribution is -2.03. The molecule has 0 saturated heterocycles. The third kappa shape index (κ3) is 3.58. The predicted molar refractivity (Wildman–Crippen MR) is 58.1 cm³/mol. The third-order valence-electron chi connectivity index (χ3n) is 1.93. The Morgan fingerprint density at radius 1 is 1.17 bits per heavy atom. The highest BCUT2D eigenvalue weighted by Gasteiger charge is 1.93. The summed E-state index contributed by atoms with van der Waals surface area (Å²) in [5.41, 5.74) is 1.34. The first kappa shape index (κ1) is 9.33. The Morgan fingerprint density at radius 3 is 2.92 bits per heavy atom. The number of hydrogen-bond donors (Lipinski definition) is 1. The van der Waals surface area contributed by atoms with Crippen molar-refractivity contribution in [2.75, 3.05) is 0 Å². The average Bonchev–Trinajstić information content (AvgIpc) is 2.33. The average molecular weight is 179 g/mol. The molecule has 1 N–H and O–H groups in total. The van der Waals surface area contributed by atoms with E-state index in [2.05, 4.69) is 17.5 Å². The van der Waals surface area contributed by atoms with E-state index in [0.29, 0.717) is 0 Å². The minimum atomic E-state index is 1.19. The van der Waals surface area contributed by atoms with Gasteiger partial charge in [0, 0.05) is 22.1 Å². The Hall–Kier alpha value is -0.763. The molecule has 1 rings (SSSR count). The molecule has 0 saturated carbocycles. The summed E-state index contributed by atoms with van der Waals surface area (Å²) in [6.07, 6.45) is 14.2. The standard InChI is InChI=1S/C10H17NSi/c12-9-5-3-7-10-6-2-1-4-8-11-10/h1-2,4,6,8,11H,3,5,7,9H2,12H3. The summed E-state index contributed by atoms with van der Waals surface area (Å²) in [6.45, 7) is 0. The Balaban J connectivity index is 2.26. The second-order valence-corrected chi connectivity index (χ2v) is 4.04. The van der Waals surface area contributed by atoms with Crippen LogP contribution in [-0.2, 0) is 0 Å². The van der Waals surface area contributed by atoms with Crippen molar-refractivity contribution < 1.29 is 0 Å². The smallest absolute Gasteiger partial charge is 0.0146 e. The van der Waals surface area contributed by atoms with Crippen molar-refractivity contribution in [1.29, 1.82) is 0 Å². The van der Waals surface area contributed by atoms with Gasteiger partial charge in [0.2, 0.25) is 0 Å². The molecule has 1 aliphatic heterocycles. The summed E-state index contributed by atoms with van der Waals surface area (Å²) < 4.78 is 0. The maximum absolute atomic E-state index is 3.27. The molecular formula is C10H17NSi. The highest BCUT2D eigenvalue weighted by molar-refractivity contribution is 6.08. The van der Waals surface area contributed by atoms with Crippen molar-refractivity contribution >= 4 is 10.2 Å². The van der Waals surface area contributed by atoms with Gasteiger partial charge in [0.25, 0.3) is 0 Å². The largest absolute Gasteiger partial charge is 0.365 e. The van der Waals surface area contributed by atoms with Gasteiger partial charge in [-0.05, 0) is 25.0 Å². The molecule has 0 aromatic rings. The van der Waals surface area contributed by atoms with Gasteiger partial charge < -0.3 is 5.32 Å². The molecule has 0 bridgehead atoms. The van der Waals surface area contributed by atoms with Gasteiger partial charge in [-0.1, -0.05) is 24.6 Å². The van der Waals surface area contributed by atoms with Crippen molar-refractivity contribution in [3.05, 3.63) is 36.2 Å². The van der Waals surface area contributed by atoms with E-state index in [-0.39, 0.29) is 0 Å². The maximum Gasteiger partial charge on any atom is 0.0146 e. The van der Waals surface area contributed by atoms with E-state index >= 15 is 0 Å². The van der Waals surface area contributed by atoms with Crippen LogP contribution >= 0.6 is 0 Å². The number of nitrogens with one attached hydrogen (secondary N) is 1. The van der Waals surface area contributed by atoms with Crippen molar-refractivity contribution in [2.45, 2.75) is 25.3 Å². The minimum absolute atomic E-state index is 1.19. The Kier molecular flexibility index (Phi) is 4.53. The van der Waals surface area contributed by atoms with Crippen LogP contribution in [0.2, 0.25) is 6.04 Å². The van der Waals surface area contributed by atoms with E-state index in [4.69, 9.17) is 0 Å². The summed E-state index contributed by atoms with van der Waals surface area (Å²) in [5, 5.41) is 3.27. The van der Waals surface area contributed by atoms with Crippen LogP contribution < -0.4 is 5.32 Å². The topological polar surface area (TPSA) is 12.0 Å². The lowest BCUT2D eigenvalue weighted by molar-refractivity contribution is 0.755. The molecule has 0 atom stereocenters.